The summed E-state index contributed by atoms with van der Waals surface area (Å²) in [6.07, 6.45) is 2.43. The van der Waals surface area contributed by atoms with Gasteiger partial charge in [0.2, 0.25) is 0 Å². The van der Waals surface area contributed by atoms with Crippen LogP contribution in [0.4, 0.5) is 5.69 Å². The first-order valence-corrected chi connectivity index (χ1v) is 8.65. The first-order valence-electron chi connectivity index (χ1n) is 7.83. The number of rotatable bonds is 5. The second-order valence-electron chi connectivity index (χ2n) is 5.91. The molecular weight excluding hydrogens is 342 g/mol. The molecule has 0 fully saturated rings. The summed E-state index contributed by atoms with van der Waals surface area (Å²) in [7, 11) is 0. The normalized spacial score (nSPS) is 12.4. The van der Waals surface area contributed by atoms with E-state index in [1.165, 1.54) is 0 Å². The van der Waals surface area contributed by atoms with Crippen molar-refractivity contribution in [3.05, 3.63) is 45.1 Å². The Hall–Kier alpha value is -2.74. The molecule has 0 spiro atoms. The molecule has 2 aromatic heterocycles. The van der Waals surface area contributed by atoms with Crippen molar-refractivity contribution in [1.82, 2.24) is 9.55 Å². The summed E-state index contributed by atoms with van der Waals surface area (Å²) >= 11 is 1.07. The average molecular weight is 359 g/mol. The highest BCUT2D eigenvalue weighted by Gasteiger charge is 2.21. The molecule has 0 saturated carbocycles. The minimum atomic E-state index is -1.02. The quantitative estimate of drug-likeness (QED) is 0.528. The monoisotopic (exact) mass is 359 g/mol. The second kappa shape index (κ2) is 6.29. The highest BCUT2D eigenvalue weighted by molar-refractivity contribution is 7.17. The number of nitro groups is 1. The standard InChI is InChI=1S/C17H17N3O4S/c1-4-9(2)19-8-14(20(23)24)12-7-11(5-6-13(12)19)16-18-10(3)15(25-16)17(21)22/h5-9H,4H2,1-3H3,(H,21,22). The van der Waals surface area contributed by atoms with E-state index in [2.05, 4.69) is 4.98 Å². The van der Waals surface area contributed by atoms with E-state index in [1.54, 1.807) is 19.2 Å². The molecule has 3 aromatic rings. The Morgan fingerprint density at radius 1 is 1.48 bits per heavy atom. The van der Waals surface area contributed by atoms with Crippen LogP contribution in [-0.2, 0) is 0 Å². The molecule has 0 amide bonds. The number of fused-ring (bicyclic) bond motifs is 1. The molecule has 7 nitrogen and oxygen atoms in total. The maximum absolute atomic E-state index is 11.4. The van der Waals surface area contributed by atoms with Crippen LogP contribution >= 0.6 is 11.3 Å². The van der Waals surface area contributed by atoms with E-state index in [0.29, 0.717) is 21.7 Å². The molecule has 1 atom stereocenters. The molecular formula is C17H17N3O4S. The molecule has 1 unspecified atom stereocenters. The summed E-state index contributed by atoms with van der Waals surface area (Å²) in [5.74, 6) is -1.02. The van der Waals surface area contributed by atoms with E-state index >= 15 is 0 Å². The van der Waals surface area contributed by atoms with Crippen LogP contribution in [0, 0.1) is 17.0 Å². The van der Waals surface area contributed by atoms with Crippen LogP contribution in [0.25, 0.3) is 21.5 Å². The Bertz CT molecular complexity index is 989. The van der Waals surface area contributed by atoms with Crippen molar-refractivity contribution < 1.29 is 14.8 Å². The molecule has 2 heterocycles. The van der Waals surface area contributed by atoms with Crippen molar-refractivity contribution in [3.63, 3.8) is 0 Å². The van der Waals surface area contributed by atoms with Gasteiger partial charge in [-0.05, 0) is 38.5 Å². The van der Waals surface area contributed by atoms with E-state index in [4.69, 9.17) is 0 Å². The van der Waals surface area contributed by atoms with Crippen molar-refractivity contribution in [2.45, 2.75) is 33.2 Å². The Balaban J connectivity index is 2.20. The van der Waals surface area contributed by atoms with Crippen LogP contribution < -0.4 is 0 Å². The molecule has 0 aliphatic heterocycles. The second-order valence-corrected chi connectivity index (χ2v) is 6.91. The number of aromatic nitrogens is 2. The maximum atomic E-state index is 11.4. The highest BCUT2D eigenvalue weighted by atomic mass is 32.1. The number of carboxylic acids is 1. The van der Waals surface area contributed by atoms with Crippen LogP contribution in [0.5, 0.6) is 0 Å². The van der Waals surface area contributed by atoms with Crippen molar-refractivity contribution in [1.29, 1.82) is 0 Å². The van der Waals surface area contributed by atoms with Crippen LogP contribution in [-0.4, -0.2) is 25.6 Å². The van der Waals surface area contributed by atoms with Gasteiger partial charge >= 0.3 is 5.97 Å². The molecule has 0 radical (unpaired) electrons. The summed E-state index contributed by atoms with van der Waals surface area (Å²) in [4.78, 5) is 26.7. The number of nitrogens with zero attached hydrogens (tertiary/aromatic N) is 3. The zero-order valence-corrected chi connectivity index (χ0v) is 14.8. The Kier molecular flexibility index (Phi) is 4.30. The predicted octanol–water partition coefficient (Wildman–Crippen LogP) is 4.65. The number of hydrogen-bond donors (Lipinski definition) is 1. The third-order valence-corrected chi connectivity index (χ3v) is 5.51. The summed E-state index contributed by atoms with van der Waals surface area (Å²) in [6.45, 7) is 5.69. The third-order valence-electron chi connectivity index (χ3n) is 4.31. The van der Waals surface area contributed by atoms with Gasteiger partial charge in [-0.25, -0.2) is 9.78 Å². The lowest BCUT2D eigenvalue weighted by Crippen LogP contribution is -2.01. The number of aromatic carboxylic acids is 1. The zero-order chi connectivity index (χ0) is 18.3. The van der Waals surface area contributed by atoms with Crippen LogP contribution in [0.3, 0.4) is 0 Å². The van der Waals surface area contributed by atoms with Crippen molar-refractivity contribution in [2.24, 2.45) is 0 Å². The predicted molar refractivity (Wildman–Crippen MR) is 96.4 cm³/mol. The van der Waals surface area contributed by atoms with Gasteiger partial charge in [0.15, 0.2) is 0 Å². The first-order chi connectivity index (χ1) is 11.8. The van der Waals surface area contributed by atoms with Gasteiger partial charge in [0.25, 0.3) is 5.69 Å². The van der Waals surface area contributed by atoms with Gasteiger partial charge in [-0.2, -0.15) is 0 Å². The molecule has 3 rings (SSSR count). The lowest BCUT2D eigenvalue weighted by atomic mass is 10.1. The van der Waals surface area contributed by atoms with Crippen LogP contribution in [0.2, 0.25) is 0 Å². The fourth-order valence-corrected chi connectivity index (χ4v) is 3.70. The Labute approximate surface area is 147 Å². The Morgan fingerprint density at radius 3 is 2.76 bits per heavy atom. The minimum absolute atomic E-state index is 0.0453. The van der Waals surface area contributed by atoms with Crippen molar-refractivity contribution in [3.8, 4) is 10.6 Å². The number of hydrogen-bond acceptors (Lipinski definition) is 5. The molecule has 0 saturated heterocycles. The minimum Gasteiger partial charge on any atom is -0.477 e. The van der Waals surface area contributed by atoms with E-state index < -0.39 is 5.97 Å². The van der Waals surface area contributed by atoms with Crippen LogP contribution in [0.15, 0.2) is 24.4 Å². The summed E-state index contributed by atoms with van der Waals surface area (Å²) < 4.78 is 1.91. The van der Waals surface area contributed by atoms with E-state index in [0.717, 1.165) is 23.3 Å². The van der Waals surface area contributed by atoms with Crippen molar-refractivity contribution >= 4 is 33.9 Å². The van der Waals surface area contributed by atoms with Gasteiger partial charge in [-0.3, -0.25) is 10.1 Å². The molecule has 25 heavy (non-hydrogen) atoms. The molecule has 1 N–H and O–H groups in total. The smallest absolute Gasteiger partial charge is 0.347 e. The first kappa shape index (κ1) is 17.1. The summed E-state index contributed by atoms with van der Waals surface area (Å²) in [6, 6.07) is 5.52. The number of carboxylic acid groups (broad SMARTS) is 1. The molecule has 130 valence electrons. The third kappa shape index (κ3) is 2.89. The zero-order valence-electron chi connectivity index (χ0n) is 14.0. The molecule has 0 aliphatic rings. The van der Waals surface area contributed by atoms with Gasteiger partial charge < -0.3 is 9.67 Å². The van der Waals surface area contributed by atoms with Crippen molar-refractivity contribution in [2.75, 3.05) is 0 Å². The average Bonchev–Trinajstić information content (AvgIpc) is 3.14. The molecule has 0 bridgehead atoms. The van der Waals surface area contributed by atoms with Gasteiger partial charge in [0.05, 0.1) is 27.7 Å². The van der Waals surface area contributed by atoms with Gasteiger partial charge in [0.1, 0.15) is 9.88 Å². The number of aryl methyl sites for hydroxylation is 1. The number of benzene rings is 1. The topological polar surface area (TPSA) is 98.3 Å². The summed E-state index contributed by atoms with van der Waals surface area (Å²) in [5, 5.41) is 21.7. The van der Waals surface area contributed by atoms with Crippen LogP contribution in [0.1, 0.15) is 41.7 Å². The fraction of sp³-hybridized carbons (Fsp3) is 0.294. The summed E-state index contributed by atoms with van der Waals surface area (Å²) in [5.41, 5.74) is 1.96. The van der Waals surface area contributed by atoms with E-state index in [1.807, 2.05) is 30.5 Å². The van der Waals surface area contributed by atoms with E-state index in [-0.39, 0.29) is 21.5 Å². The lowest BCUT2D eigenvalue weighted by Gasteiger charge is -2.11. The van der Waals surface area contributed by atoms with Gasteiger partial charge in [0, 0.05) is 11.6 Å². The highest BCUT2D eigenvalue weighted by Crippen LogP contribution is 2.36. The van der Waals surface area contributed by atoms with Gasteiger partial charge in [-0.1, -0.05) is 6.92 Å². The fourth-order valence-electron chi connectivity index (χ4n) is 2.80. The molecule has 0 aliphatic carbocycles. The SMILES string of the molecule is CCC(C)n1cc([N+](=O)[O-])c2cc(-c3nc(C)c(C(=O)O)s3)ccc21. The lowest BCUT2D eigenvalue weighted by molar-refractivity contribution is -0.383. The Morgan fingerprint density at radius 2 is 2.20 bits per heavy atom. The molecule has 8 heteroatoms. The number of thiazole rings is 1. The maximum Gasteiger partial charge on any atom is 0.347 e. The molecule has 1 aromatic carbocycles. The van der Waals surface area contributed by atoms with Gasteiger partial charge in [-0.15, -0.1) is 11.3 Å². The largest absolute Gasteiger partial charge is 0.477 e. The van der Waals surface area contributed by atoms with E-state index in [9.17, 15) is 20.0 Å². The number of carbonyl (C=O) groups is 1.